The van der Waals surface area contributed by atoms with Crippen LogP contribution >= 0.6 is 0 Å². The lowest BCUT2D eigenvalue weighted by Gasteiger charge is -2.21. The third-order valence-corrected chi connectivity index (χ3v) is 3.58. The van der Waals surface area contributed by atoms with Gasteiger partial charge in [-0.2, -0.15) is 0 Å². The first kappa shape index (κ1) is 18.3. The largest absolute Gasteiger partial charge is 0.511 e. The van der Waals surface area contributed by atoms with Crippen molar-refractivity contribution < 1.29 is 14.6 Å². The zero-order valence-corrected chi connectivity index (χ0v) is 14.5. The number of carbonyl (C=O) groups is 1. The van der Waals surface area contributed by atoms with Crippen molar-refractivity contribution in [1.29, 1.82) is 0 Å². The Balaban J connectivity index is 2.27. The van der Waals surface area contributed by atoms with E-state index in [1.807, 2.05) is 31.2 Å². The molecule has 0 aromatic heterocycles. The van der Waals surface area contributed by atoms with E-state index in [0.29, 0.717) is 23.8 Å². The second-order valence-corrected chi connectivity index (χ2v) is 5.46. The first-order valence-electron chi connectivity index (χ1n) is 8.01. The van der Waals surface area contributed by atoms with Crippen LogP contribution in [-0.2, 0) is 4.79 Å². The highest BCUT2D eigenvalue weighted by Gasteiger charge is 2.18. The fourth-order valence-electron chi connectivity index (χ4n) is 2.29. The van der Waals surface area contributed by atoms with Crippen LogP contribution < -0.4 is 4.74 Å². The number of aliphatic hydroxyl groups excluding tert-OH is 1. The number of aliphatic hydroxyl groups is 1. The molecule has 1 aliphatic rings. The summed E-state index contributed by atoms with van der Waals surface area (Å²) in [6.45, 7) is 5.58. The molecule has 1 aromatic rings. The summed E-state index contributed by atoms with van der Waals surface area (Å²) in [6, 6.07) is 7.26. The van der Waals surface area contributed by atoms with Crippen LogP contribution in [0, 0.1) is 0 Å². The Labute approximate surface area is 148 Å². The van der Waals surface area contributed by atoms with Crippen molar-refractivity contribution in [3.8, 4) is 5.75 Å². The molecule has 5 heteroatoms. The molecule has 130 valence electrons. The molecule has 25 heavy (non-hydrogen) atoms. The van der Waals surface area contributed by atoms with Gasteiger partial charge in [0.1, 0.15) is 23.1 Å². The Morgan fingerprint density at radius 1 is 1.32 bits per heavy atom. The van der Waals surface area contributed by atoms with E-state index in [0.717, 1.165) is 5.56 Å². The molecule has 2 rings (SSSR count). The van der Waals surface area contributed by atoms with Crippen molar-refractivity contribution in [2.24, 2.45) is 4.99 Å². The summed E-state index contributed by atoms with van der Waals surface area (Å²) < 4.78 is 5.78. The van der Waals surface area contributed by atoms with Crippen LogP contribution in [0.1, 0.15) is 25.3 Å². The number of amides is 1. The number of aliphatic imine (C=N–C) groups is 1. The second-order valence-electron chi connectivity index (χ2n) is 5.46. The number of hydrogen-bond acceptors (Lipinski definition) is 4. The molecule has 0 aliphatic carbocycles. The Morgan fingerprint density at radius 2 is 2.04 bits per heavy atom. The molecular weight excluding hydrogens is 316 g/mol. The predicted molar refractivity (Wildman–Crippen MR) is 99.4 cm³/mol. The van der Waals surface area contributed by atoms with E-state index < -0.39 is 0 Å². The van der Waals surface area contributed by atoms with Crippen LogP contribution in [0.5, 0.6) is 5.75 Å². The number of hydrogen-bond donors (Lipinski definition) is 1. The molecule has 0 atom stereocenters. The van der Waals surface area contributed by atoms with Crippen LogP contribution in [0.4, 0.5) is 0 Å². The summed E-state index contributed by atoms with van der Waals surface area (Å²) in [5, 5.41) is 9.67. The van der Waals surface area contributed by atoms with Gasteiger partial charge in [0.15, 0.2) is 0 Å². The number of nitrogens with zero attached hydrogens (tertiary/aromatic N) is 2. The lowest BCUT2D eigenvalue weighted by atomic mass is 10.1. The zero-order valence-electron chi connectivity index (χ0n) is 14.5. The monoisotopic (exact) mass is 338 g/mol. The SMILES string of the molecule is C=C/C=C(\C=C/C)Oc1ccc(C2=N/C=C(/O)CCC(=O)N2C)cc1. The van der Waals surface area contributed by atoms with Gasteiger partial charge < -0.3 is 9.84 Å². The lowest BCUT2D eigenvalue weighted by molar-refractivity contribution is -0.126. The summed E-state index contributed by atoms with van der Waals surface area (Å²) in [7, 11) is 1.68. The maximum absolute atomic E-state index is 12.1. The lowest BCUT2D eigenvalue weighted by Crippen LogP contribution is -2.34. The molecule has 1 aromatic carbocycles. The smallest absolute Gasteiger partial charge is 0.228 e. The van der Waals surface area contributed by atoms with Crippen molar-refractivity contribution >= 4 is 11.7 Å². The number of rotatable bonds is 5. The minimum Gasteiger partial charge on any atom is -0.511 e. The van der Waals surface area contributed by atoms with Gasteiger partial charge in [0.25, 0.3) is 0 Å². The molecule has 0 bridgehead atoms. The maximum Gasteiger partial charge on any atom is 0.228 e. The second kappa shape index (κ2) is 8.68. The van der Waals surface area contributed by atoms with Crippen molar-refractivity contribution in [1.82, 2.24) is 4.90 Å². The highest BCUT2D eigenvalue weighted by Crippen LogP contribution is 2.19. The minimum absolute atomic E-state index is 0.0944. The highest BCUT2D eigenvalue weighted by atomic mass is 16.5. The summed E-state index contributed by atoms with van der Waals surface area (Å²) in [4.78, 5) is 17.9. The first-order chi connectivity index (χ1) is 12.0. The van der Waals surface area contributed by atoms with Gasteiger partial charge in [0.2, 0.25) is 5.91 Å². The Bertz CT molecular complexity index is 756. The van der Waals surface area contributed by atoms with Crippen molar-refractivity contribution in [2.75, 3.05) is 7.05 Å². The number of benzene rings is 1. The van der Waals surface area contributed by atoms with Crippen molar-refractivity contribution in [3.63, 3.8) is 0 Å². The van der Waals surface area contributed by atoms with Crippen LogP contribution in [0.3, 0.4) is 0 Å². The third kappa shape index (κ3) is 4.94. The Hall–Kier alpha value is -3.08. The highest BCUT2D eigenvalue weighted by molar-refractivity contribution is 6.08. The van der Waals surface area contributed by atoms with Crippen LogP contribution in [0.25, 0.3) is 0 Å². The topological polar surface area (TPSA) is 62.1 Å². The third-order valence-electron chi connectivity index (χ3n) is 3.58. The van der Waals surface area contributed by atoms with Crippen molar-refractivity contribution in [2.45, 2.75) is 19.8 Å². The zero-order chi connectivity index (χ0) is 18.2. The number of allylic oxidation sites excluding steroid dienone is 5. The van der Waals surface area contributed by atoms with E-state index >= 15 is 0 Å². The van der Waals surface area contributed by atoms with Crippen LogP contribution in [0.15, 0.2) is 77.9 Å². The molecule has 0 spiro atoms. The fraction of sp³-hybridized carbons (Fsp3) is 0.200. The standard InChI is InChI=1S/C20H22N2O3/c1-4-6-17(7-5-2)25-18-11-8-15(9-12-18)20-21-14-16(23)10-13-19(24)22(20)3/h4-9,11-12,14,23H,1,10,13H2,2-3H3/b7-5-,16-14+,17-6+,21-20?. The van der Waals surface area contributed by atoms with E-state index in [2.05, 4.69) is 11.6 Å². The minimum atomic E-state index is -0.0944. The van der Waals surface area contributed by atoms with Crippen LogP contribution in [-0.4, -0.2) is 28.8 Å². The van der Waals surface area contributed by atoms with E-state index in [9.17, 15) is 9.90 Å². The van der Waals surface area contributed by atoms with Gasteiger partial charge in [-0.3, -0.25) is 9.69 Å². The van der Waals surface area contributed by atoms with Gasteiger partial charge in [-0.05, 0) is 43.3 Å². The summed E-state index contributed by atoms with van der Waals surface area (Å²) in [6.07, 6.45) is 9.09. The Kier molecular flexibility index (Phi) is 6.34. The molecule has 1 N–H and O–H groups in total. The van der Waals surface area contributed by atoms with Gasteiger partial charge in [-0.25, -0.2) is 4.99 Å². The summed E-state index contributed by atoms with van der Waals surface area (Å²) in [5.41, 5.74) is 0.759. The van der Waals surface area contributed by atoms with Crippen LogP contribution in [0.2, 0.25) is 0 Å². The average Bonchev–Trinajstić information content (AvgIpc) is 2.60. The maximum atomic E-state index is 12.1. The van der Waals surface area contributed by atoms with Gasteiger partial charge in [0, 0.05) is 25.5 Å². The molecule has 5 nitrogen and oxygen atoms in total. The molecule has 1 aliphatic heterocycles. The van der Waals surface area contributed by atoms with Gasteiger partial charge >= 0.3 is 0 Å². The molecule has 0 fully saturated rings. The summed E-state index contributed by atoms with van der Waals surface area (Å²) in [5.74, 6) is 1.83. The van der Waals surface area contributed by atoms with E-state index in [4.69, 9.17) is 4.74 Å². The number of amidine groups is 1. The molecule has 0 saturated heterocycles. The number of ether oxygens (including phenoxy) is 1. The molecule has 1 heterocycles. The molecule has 1 amide bonds. The normalized spacial score (nSPS) is 18.2. The fourth-order valence-corrected chi connectivity index (χ4v) is 2.29. The first-order valence-corrected chi connectivity index (χ1v) is 8.01. The van der Waals surface area contributed by atoms with Crippen molar-refractivity contribution in [3.05, 3.63) is 78.4 Å². The Morgan fingerprint density at radius 3 is 2.68 bits per heavy atom. The van der Waals surface area contributed by atoms with E-state index in [1.165, 1.54) is 11.1 Å². The number of carbonyl (C=O) groups excluding carboxylic acids is 1. The summed E-state index contributed by atoms with van der Waals surface area (Å²) >= 11 is 0. The molecule has 0 radical (unpaired) electrons. The predicted octanol–water partition coefficient (Wildman–Crippen LogP) is 4.11. The van der Waals surface area contributed by atoms with E-state index in [-0.39, 0.29) is 18.1 Å². The quantitative estimate of drug-likeness (QED) is 0.649. The van der Waals surface area contributed by atoms with Gasteiger partial charge in [-0.15, -0.1) is 0 Å². The van der Waals surface area contributed by atoms with E-state index in [1.54, 1.807) is 31.3 Å². The van der Waals surface area contributed by atoms with Gasteiger partial charge in [0.05, 0.1) is 6.20 Å². The molecular formula is C20H22N2O3. The molecule has 0 saturated carbocycles. The average molecular weight is 338 g/mol. The molecule has 0 unspecified atom stereocenters. The van der Waals surface area contributed by atoms with Gasteiger partial charge in [-0.1, -0.05) is 18.7 Å².